The molecule has 72 valence electrons. The SMILES string of the molecule is CCCC(C)COC(=O)N(S)S. The predicted molar refractivity (Wildman–Crippen MR) is 55.2 cm³/mol. The van der Waals surface area contributed by atoms with Gasteiger partial charge in [0.15, 0.2) is 0 Å². The van der Waals surface area contributed by atoms with Crippen LogP contribution < -0.4 is 0 Å². The van der Waals surface area contributed by atoms with Gasteiger partial charge in [-0.1, -0.05) is 20.3 Å². The molecule has 1 amide bonds. The fourth-order valence-electron chi connectivity index (χ4n) is 0.847. The summed E-state index contributed by atoms with van der Waals surface area (Å²) < 4.78 is 5.68. The Bertz CT molecular complexity index is 141. The first-order chi connectivity index (χ1) is 5.57. The van der Waals surface area contributed by atoms with Crippen LogP contribution in [0, 0.1) is 5.92 Å². The molecule has 0 radical (unpaired) electrons. The number of carbonyl (C=O) groups is 1. The molecule has 0 saturated heterocycles. The normalized spacial score (nSPS) is 12.3. The predicted octanol–water partition coefficient (Wildman–Crippen LogP) is 2.55. The molecule has 0 heterocycles. The van der Waals surface area contributed by atoms with E-state index in [1.165, 1.54) is 0 Å². The average molecular weight is 209 g/mol. The molecule has 0 aliphatic rings. The molecule has 0 aromatic carbocycles. The van der Waals surface area contributed by atoms with Gasteiger partial charge < -0.3 is 4.74 Å². The number of carbonyl (C=O) groups excluding carboxylic acids is 1. The zero-order valence-corrected chi connectivity index (χ0v) is 9.15. The second-order valence-corrected chi connectivity index (χ2v) is 3.88. The number of rotatable bonds is 4. The van der Waals surface area contributed by atoms with Crippen LogP contribution in [-0.2, 0) is 4.74 Å². The van der Waals surface area contributed by atoms with E-state index in [-0.39, 0.29) is 0 Å². The molecule has 0 spiro atoms. The summed E-state index contributed by atoms with van der Waals surface area (Å²) >= 11 is 7.34. The van der Waals surface area contributed by atoms with Crippen molar-refractivity contribution < 1.29 is 9.53 Å². The van der Waals surface area contributed by atoms with Crippen LogP contribution in [0.4, 0.5) is 4.79 Å². The topological polar surface area (TPSA) is 29.5 Å². The Hall–Kier alpha value is -0.0300. The van der Waals surface area contributed by atoms with Crippen LogP contribution in [0.5, 0.6) is 0 Å². The molecule has 0 bridgehead atoms. The first-order valence-corrected chi connectivity index (χ1v) is 4.72. The lowest BCUT2D eigenvalue weighted by molar-refractivity contribution is 0.124. The quantitative estimate of drug-likeness (QED) is 0.697. The number of thiol groups is 2. The highest BCUT2D eigenvalue weighted by Crippen LogP contribution is 2.07. The Morgan fingerprint density at radius 1 is 1.58 bits per heavy atom. The Kier molecular flexibility index (Phi) is 6.47. The fraction of sp³-hybridized carbons (Fsp3) is 0.857. The number of hydrogen-bond donors (Lipinski definition) is 2. The van der Waals surface area contributed by atoms with Crippen molar-refractivity contribution in [1.29, 1.82) is 0 Å². The van der Waals surface area contributed by atoms with Crippen molar-refractivity contribution in [3.05, 3.63) is 0 Å². The summed E-state index contributed by atoms with van der Waals surface area (Å²) in [6.07, 6.45) is 1.64. The van der Waals surface area contributed by atoms with E-state index in [1.54, 1.807) is 0 Å². The molecule has 1 atom stereocenters. The largest absolute Gasteiger partial charge is 0.448 e. The molecule has 0 aliphatic carbocycles. The van der Waals surface area contributed by atoms with Gasteiger partial charge in [0.25, 0.3) is 0 Å². The van der Waals surface area contributed by atoms with Crippen LogP contribution in [0.3, 0.4) is 0 Å². The van der Waals surface area contributed by atoms with Gasteiger partial charge in [-0.2, -0.15) is 3.71 Å². The summed E-state index contributed by atoms with van der Waals surface area (Å²) in [6, 6.07) is 0. The van der Waals surface area contributed by atoms with Crippen molar-refractivity contribution in [3.8, 4) is 0 Å². The third-order valence-corrected chi connectivity index (χ3v) is 1.76. The molecule has 5 heteroatoms. The maximum Gasteiger partial charge on any atom is 0.429 e. The Balaban J connectivity index is 3.47. The Morgan fingerprint density at radius 3 is 2.58 bits per heavy atom. The van der Waals surface area contributed by atoms with Gasteiger partial charge in [-0.25, -0.2) is 4.79 Å². The van der Waals surface area contributed by atoms with E-state index >= 15 is 0 Å². The molecule has 0 aliphatic heterocycles. The van der Waals surface area contributed by atoms with Crippen LogP contribution >= 0.6 is 25.6 Å². The zero-order chi connectivity index (χ0) is 9.56. The van der Waals surface area contributed by atoms with Gasteiger partial charge in [-0.05, 0) is 38.0 Å². The van der Waals surface area contributed by atoms with Gasteiger partial charge in [0.05, 0.1) is 6.61 Å². The van der Waals surface area contributed by atoms with Gasteiger partial charge in [0.2, 0.25) is 0 Å². The first kappa shape index (κ1) is 12.0. The summed E-state index contributed by atoms with van der Waals surface area (Å²) in [7, 11) is 0. The summed E-state index contributed by atoms with van der Waals surface area (Å²) in [5, 5.41) is 0. The highest BCUT2D eigenvalue weighted by Gasteiger charge is 2.08. The average Bonchev–Trinajstić information content (AvgIpc) is 2.00. The minimum absolute atomic E-state index is 0.403. The highest BCUT2D eigenvalue weighted by molar-refractivity contribution is 7.94. The van der Waals surface area contributed by atoms with Crippen LogP contribution in [0.25, 0.3) is 0 Å². The van der Waals surface area contributed by atoms with Gasteiger partial charge >= 0.3 is 6.09 Å². The minimum Gasteiger partial charge on any atom is -0.448 e. The van der Waals surface area contributed by atoms with Gasteiger partial charge in [-0.15, -0.1) is 0 Å². The molecule has 0 aromatic heterocycles. The molecule has 0 aromatic rings. The lowest BCUT2D eigenvalue weighted by Gasteiger charge is -2.12. The zero-order valence-electron chi connectivity index (χ0n) is 7.36. The van der Waals surface area contributed by atoms with Crippen LogP contribution in [0.15, 0.2) is 0 Å². The third-order valence-electron chi connectivity index (χ3n) is 1.44. The number of ether oxygens (including phenoxy) is 1. The number of amides is 1. The van der Waals surface area contributed by atoms with E-state index in [9.17, 15) is 4.79 Å². The fourth-order valence-corrected chi connectivity index (χ4v) is 0.963. The monoisotopic (exact) mass is 209 g/mol. The molecule has 0 rings (SSSR count). The van der Waals surface area contributed by atoms with Crippen LogP contribution in [-0.4, -0.2) is 16.4 Å². The molecule has 0 fully saturated rings. The van der Waals surface area contributed by atoms with E-state index < -0.39 is 6.09 Å². The van der Waals surface area contributed by atoms with Crippen molar-refractivity contribution in [2.24, 2.45) is 5.92 Å². The molecule has 1 unspecified atom stereocenters. The van der Waals surface area contributed by atoms with Crippen molar-refractivity contribution >= 4 is 31.7 Å². The van der Waals surface area contributed by atoms with Crippen molar-refractivity contribution in [3.63, 3.8) is 0 Å². The van der Waals surface area contributed by atoms with E-state index in [4.69, 9.17) is 4.74 Å². The highest BCUT2D eigenvalue weighted by atomic mass is 32.2. The molecular weight excluding hydrogens is 194 g/mol. The smallest absolute Gasteiger partial charge is 0.429 e. The maximum atomic E-state index is 10.8. The molecule has 3 nitrogen and oxygen atoms in total. The van der Waals surface area contributed by atoms with E-state index in [2.05, 4.69) is 32.6 Å². The summed E-state index contributed by atoms with van der Waals surface area (Å²) in [5.74, 6) is 0.403. The van der Waals surface area contributed by atoms with E-state index in [0.717, 1.165) is 16.6 Å². The number of hydrogen-bond acceptors (Lipinski definition) is 4. The van der Waals surface area contributed by atoms with Crippen molar-refractivity contribution in [1.82, 2.24) is 3.71 Å². The Morgan fingerprint density at radius 2 is 2.17 bits per heavy atom. The van der Waals surface area contributed by atoms with Gasteiger partial charge in [0, 0.05) is 0 Å². The molecule has 0 N–H and O–H groups in total. The summed E-state index contributed by atoms with van der Waals surface area (Å²) in [4.78, 5) is 10.8. The third kappa shape index (κ3) is 5.60. The Labute approximate surface area is 84.5 Å². The first-order valence-electron chi connectivity index (χ1n) is 3.92. The lowest BCUT2D eigenvalue weighted by atomic mass is 10.1. The van der Waals surface area contributed by atoms with Gasteiger partial charge in [-0.3, -0.25) is 0 Å². The summed E-state index contributed by atoms with van der Waals surface area (Å²) in [6.45, 7) is 4.57. The van der Waals surface area contributed by atoms with Crippen LogP contribution in [0.1, 0.15) is 26.7 Å². The van der Waals surface area contributed by atoms with Crippen molar-refractivity contribution in [2.75, 3.05) is 6.61 Å². The van der Waals surface area contributed by atoms with E-state index in [1.807, 2.05) is 6.92 Å². The molecular formula is C7H15NO2S2. The lowest BCUT2D eigenvalue weighted by Crippen LogP contribution is -2.17. The van der Waals surface area contributed by atoms with Gasteiger partial charge in [0.1, 0.15) is 0 Å². The standard InChI is InChI=1S/C7H15NO2S2/c1-3-4-6(2)5-10-7(9)8(11)12/h6,11-12H,3-5H2,1-2H3. The van der Waals surface area contributed by atoms with Crippen molar-refractivity contribution in [2.45, 2.75) is 26.7 Å². The van der Waals surface area contributed by atoms with E-state index in [0.29, 0.717) is 12.5 Å². The number of nitrogens with zero attached hydrogens (tertiary/aromatic N) is 1. The van der Waals surface area contributed by atoms with Crippen LogP contribution in [0.2, 0.25) is 0 Å². The second-order valence-electron chi connectivity index (χ2n) is 2.76. The minimum atomic E-state index is -0.524. The second kappa shape index (κ2) is 6.48. The maximum absolute atomic E-state index is 10.8. The summed E-state index contributed by atoms with van der Waals surface area (Å²) in [5.41, 5.74) is 0. The molecule has 12 heavy (non-hydrogen) atoms. The molecule has 0 saturated carbocycles.